The Morgan fingerprint density at radius 2 is 1.94 bits per heavy atom. The zero-order valence-corrected chi connectivity index (χ0v) is 11.1. The molecule has 0 N–H and O–H groups in total. The van der Waals surface area contributed by atoms with Crippen LogP contribution in [0.1, 0.15) is 37.2 Å². The van der Waals surface area contributed by atoms with Crippen LogP contribution in [-0.4, -0.2) is 5.24 Å². The molecule has 4 aliphatic carbocycles. The topological polar surface area (TPSA) is 17.1 Å². The van der Waals surface area contributed by atoms with Crippen molar-refractivity contribution in [2.45, 2.75) is 31.6 Å². The highest BCUT2D eigenvalue weighted by atomic mass is 35.5. The first kappa shape index (κ1) is 11.0. The van der Waals surface area contributed by atoms with Gasteiger partial charge in [0.2, 0.25) is 5.24 Å². The molecule has 0 aromatic heterocycles. The molecule has 0 spiro atoms. The number of carbonyl (C=O) groups is 1. The third-order valence-corrected chi connectivity index (χ3v) is 6.11. The summed E-state index contributed by atoms with van der Waals surface area (Å²) in [6.07, 6.45) is 4.62. The molecule has 1 nitrogen and oxygen atoms in total. The van der Waals surface area contributed by atoms with E-state index in [1.54, 1.807) is 0 Å². The summed E-state index contributed by atoms with van der Waals surface area (Å²) in [6.45, 7) is 0. The van der Waals surface area contributed by atoms with Gasteiger partial charge in [-0.05, 0) is 66.5 Å². The number of hydrogen-bond donors (Lipinski definition) is 0. The van der Waals surface area contributed by atoms with Gasteiger partial charge in [0.15, 0.2) is 0 Å². The van der Waals surface area contributed by atoms with Crippen LogP contribution < -0.4 is 0 Å². The average Bonchev–Trinajstić information content (AvgIpc) is 2.76. The second-order valence-electron chi connectivity index (χ2n) is 6.48. The van der Waals surface area contributed by atoms with Crippen molar-refractivity contribution < 1.29 is 4.79 Å². The summed E-state index contributed by atoms with van der Waals surface area (Å²) in [5, 5.41) is -0.0573. The third kappa shape index (κ3) is 1.26. The average molecular weight is 261 g/mol. The number of halogens is 1. The number of benzene rings is 1. The largest absolute Gasteiger partial charge is 0.281 e. The Bertz CT molecular complexity index is 497. The highest BCUT2D eigenvalue weighted by Crippen LogP contribution is 2.70. The number of rotatable bonds is 2. The maximum Gasteiger partial charge on any atom is 0.228 e. The van der Waals surface area contributed by atoms with Crippen molar-refractivity contribution in [1.82, 2.24) is 0 Å². The number of hydrogen-bond acceptors (Lipinski definition) is 1. The van der Waals surface area contributed by atoms with Gasteiger partial charge in [0.25, 0.3) is 0 Å². The predicted octanol–water partition coefficient (Wildman–Crippen LogP) is 3.97. The molecule has 5 atom stereocenters. The van der Waals surface area contributed by atoms with E-state index in [4.69, 9.17) is 11.6 Å². The molecule has 4 saturated carbocycles. The molecular weight excluding hydrogens is 244 g/mol. The van der Waals surface area contributed by atoms with Crippen LogP contribution in [0.2, 0.25) is 0 Å². The van der Waals surface area contributed by atoms with Gasteiger partial charge in [-0.3, -0.25) is 4.79 Å². The first-order valence-electron chi connectivity index (χ1n) is 6.95. The van der Waals surface area contributed by atoms with Crippen molar-refractivity contribution in [3.05, 3.63) is 35.9 Å². The highest BCUT2D eigenvalue weighted by molar-refractivity contribution is 6.64. The van der Waals surface area contributed by atoms with Crippen molar-refractivity contribution >= 4 is 16.8 Å². The Morgan fingerprint density at radius 1 is 1.17 bits per heavy atom. The maximum absolute atomic E-state index is 12.0. The van der Waals surface area contributed by atoms with E-state index < -0.39 is 0 Å². The van der Waals surface area contributed by atoms with Crippen LogP contribution >= 0.6 is 11.6 Å². The lowest BCUT2D eigenvalue weighted by molar-refractivity contribution is -0.122. The lowest BCUT2D eigenvalue weighted by Gasteiger charge is -2.32. The summed E-state index contributed by atoms with van der Waals surface area (Å²) in [5.74, 6) is 2.53. The predicted molar refractivity (Wildman–Crippen MR) is 71.4 cm³/mol. The van der Waals surface area contributed by atoms with Crippen LogP contribution in [-0.2, 0) is 4.79 Å². The molecule has 18 heavy (non-hydrogen) atoms. The van der Waals surface area contributed by atoms with Crippen LogP contribution in [0.15, 0.2) is 30.3 Å². The molecule has 1 aromatic carbocycles. The zero-order chi connectivity index (χ0) is 12.3. The lowest BCUT2D eigenvalue weighted by Crippen LogP contribution is -2.29. The van der Waals surface area contributed by atoms with Gasteiger partial charge < -0.3 is 0 Å². The second-order valence-corrected chi connectivity index (χ2v) is 6.82. The quantitative estimate of drug-likeness (QED) is 0.736. The number of carbonyl (C=O) groups excluding carboxylic acids is 1. The molecule has 0 radical (unpaired) electrons. The van der Waals surface area contributed by atoms with Gasteiger partial charge >= 0.3 is 0 Å². The second kappa shape index (κ2) is 3.60. The highest BCUT2D eigenvalue weighted by Gasteiger charge is 2.65. The third-order valence-electron chi connectivity index (χ3n) is 5.73. The molecule has 94 valence electrons. The van der Waals surface area contributed by atoms with Gasteiger partial charge in [0.05, 0.1) is 0 Å². The molecule has 0 saturated heterocycles. The van der Waals surface area contributed by atoms with E-state index in [2.05, 4.69) is 30.3 Å². The molecule has 0 aliphatic heterocycles. The molecule has 4 bridgehead atoms. The van der Waals surface area contributed by atoms with Gasteiger partial charge in [-0.2, -0.15) is 0 Å². The maximum atomic E-state index is 12.0. The van der Waals surface area contributed by atoms with Crippen LogP contribution in [0.4, 0.5) is 0 Å². The van der Waals surface area contributed by atoms with Crippen molar-refractivity contribution in [3.8, 4) is 0 Å². The van der Waals surface area contributed by atoms with E-state index in [0.29, 0.717) is 17.8 Å². The van der Waals surface area contributed by atoms with Crippen LogP contribution in [0.5, 0.6) is 0 Å². The summed E-state index contributed by atoms with van der Waals surface area (Å²) >= 11 is 5.98. The van der Waals surface area contributed by atoms with E-state index in [-0.39, 0.29) is 10.7 Å². The molecule has 4 aliphatic rings. The Hall–Kier alpha value is -0.820. The molecule has 5 rings (SSSR count). The molecule has 0 amide bonds. The molecular formula is C16H17ClO. The lowest BCUT2D eigenvalue weighted by atomic mass is 9.73. The molecule has 5 unspecified atom stereocenters. The first-order chi connectivity index (χ1) is 8.71. The Labute approximate surface area is 113 Å². The SMILES string of the molecule is O=C(Cl)C12CC3CC(C1)C(c1ccccc1)C2C3. The zero-order valence-electron chi connectivity index (χ0n) is 10.3. The minimum atomic E-state index is -0.171. The van der Waals surface area contributed by atoms with Crippen molar-refractivity contribution in [3.63, 3.8) is 0 Å². The summed E-state index contributed by atoms with van der Waals surface area (Å²) < 4.78 is 0. The molecule has 2 heteroatoms. The Kier molecular flexibility index (Phi) is 2.21. The smallest absolute Gasteiger partial charge is 0.228 e. The van der Waals surface area contributed by atoms with Gasteiger partial charge in [0.1, 0.15) is 0 Å². The minimum Gasteiger partial charge on any atom is -0.281 e. The van der Waals surface area contributed by atoms with E-state index >= 15 is 0 Å². The normalized spacial score (nSPS) is 44.5. The van der Waals surface area contributed by atoms with Gasteiger partial charge in [-0.1, -0.05) is 30.3 Å². The first-order valence-corrected chi connectivity index (χ1v) is 7.33. The van der Waals surface area contributed by atoms with E-state index in [9.17, 15) is 4.79 Å². The Morgan fingerprint density at radius 3 is 2.67 bits per heavy atom. The van der Waals surface area contributed by atoms with Crippen LogP contribution in [0.25, 0.3) is 0 Å². The van der Waals surface area contributed by atoms with Crippen LogP contribution in [0.3, 0.4) is 0 Å². The summed E-state index contributed by atoms with van der Waals surface area (Å²) in [7, 11) is 0. The summed E-state index contributed by atoms with van der Waals surface area (Å²) in [5.41, 5.74) is 1.25. The fraction of sp³-hybridized carbons (Fsp3) is 0.562. The van der Waals surface area contributed by atoms with E-state index in [1.807, 2.05) is 0 Å². The van der Waals surface area contributed by atoms with Gasteiger partial charge in [-0.15, -0.1) is 0 Å². The van der Waals surface area contributed by atoms with E-state index in [0.717, 1.165) is 18.8 Å². The van der Waals surface area contributed by atoms with Crippen LogP contribution in [0, 0.1) is 23.2 Å². The molecule has 0 heterocycles. The summed E-state index contributed by atoms with van der Waals surface area (Å²) in [4.78, 5) is 12.0. The standard InChI is InChI=1S/C16H17ClO/c17-15(18)16-8-10-6-12(9-16)14(13(16)7-10)11-4-2-1-3-5-11/h1-5,10,12-14H,6-9H2. The van der Waals surface area contributed by atoms with Crippen molar-refractivity contribution in [2.24, 2.45) is 23.2 Å². The monoisotopic (exact) mass is 260 g/mol. The van der Waals surface area contributed by atoms with Gasteiger partial charge in [-0.25, -0.2) is 0 Å². The van der Waals surface area contributed by atoms with Crippen molar-refractivity contribution in [2.75, 3.05) is 0 Å². The fourth-order valence-electron chi connectivity index (χ4n) is 5.31. The fourth-order valence-corrected chi connectivity index (χ4v) is 5.60. The Balaban J connectivity index is 1.78. The molecule has 4 fully saturated rings. The van der Waals surface area contributed by atoms with Gasteiger partial charge in [0, 0.05) is 5.41 Å². The molecule has 1 aromatic rings. The summed E-state index contributed by atoms with van der Waals surface area (Å²) in [6, 6.07) is 10.7. The minimum absolute atomic E-state index is 0.0573. The van der Waals surface area contributed by atoms with E-state index in [1.165, 1.54) is 18.4 Å². The van der Waals surface area contributed by atoms with Crippen molar-refractivity contribution in [1.29, 1.82) is 0 Å².